The van der Waals surface area contributed by atoms with E-state index in [1.54, 1.807) is 12.3 Å². The lowest BCUT2D eigenvalue weighted by molar-refractivity contribution is 0.275. The quantitative estimate of drug-likeness (QED) is 0.764. The fourth-order valence-electron chi connectivity index (χ4n) is 1.49. The zero-order valence-corrected chi connectivity index (χ0v) is 9.89. The van der Waals surface area contributed by atoms with Crippen molar-refractivity contribution in [3.63, 3.8) is 0 Å². The van der Waals surface area contributed by atoms with E-state index < -0.39 is 0 Å². The highest BCUT2D eigenvalue weighted by molar-refractivity contribution is 5.41. The third-order valence-electron chi connectivity index (χ3n) is 2.38. The van der Waals surface area contributed by atoms with Gasteiger partial charge in [-0.1, -0.05) is 6.92 Å². The van der Waals surface area contributed by atoms with Gasteiger partial charge in [-0.25, -0.2) is 4.68 Å². The molecule has 0 saturated carbocycles. The molecule has 0 fully saturated rings. The van der Waals surface area contributed by atoms with Crippen LogP contribution in [0.25, 0.3) is 0 Å². The lowest BCUT2D eigenvalue weighted by Gasteiger charge is -2.17. The zero-order chi connectivity index (χ0) is 12.0. The van der Waals surface area contributed by atoms with Gasteiger partial charge >= 0.3 is 0 Å². The van der Waals surface area contributed by atoms with E-state index in [4.69, 9.17) is 5.11 Å². The van der Waals surface area contributed by atoms with Crippen molar-refractivity contribution < 1.29 is 5.11 Å². The highest BCUT2D eigenvalue weighted by atomic mass is 16.3. The number of anilines is 1. The molecular formula is C11H19N3O2. The Morgan fingerprint density at radius 3 is 2.88 bits per heavy atom. The normalized spacial score (nSPS) is 10.4. The van der Waals surface area contributed by atoms with E-state index in [2.05, 4.69) is 12.0 Å². The maximum absolute atomic E-state index is 11.6. The van der Waals surface area contributed by atoms with Crippen LogP contribution in [0.5, 0.6) is 0 Å². The van der Waals surface area contributed by atoms with Crippen LogP contribution in [0.4, 0.5) is 5.69 Å². The average Bonchev–Trinajstić information content (AvgIpc) is 2.27. The predicted octanol–water partition coefficient (Wildman–Crippen LogP) is 0.472. The SMILES string of the molecule is CCCN(C)c1cnn(CCCO)c(=O)c1. The van der Waals surface area contributed by atoms with E-state index in [0.29, 0.717) is 13.0 Å². The topological polar surface area (TPSA) is 58.4 Å². The molecule has 0 spiro atoms. The van der Waals surface area contributed by atoms with Gasteiger partial charge in [0.1, 0.15) is 0 Å². The molecule has 0 atom stereocenters. The number of aromatic nitrogens is 2. The Hall–Kier alpha value is -1.36. The van der Waals surface area contributed by atoms with Crippen molar-refractivity contribution in [2.24, 2.45) is 0 Å². The van der Waals surface area contributed by atoms with Gasteiger partial charge < -0.3 is 10.0 Å². The molecule has 0 radical (unpaired) electrons. The fraction of sp³-hybridized carbons (Fsp3) is 0.636. The molecule has 0 aliphatic rings. The standard InChI is InChI=1S/C11H19N3O2/c1-3-5-13(2)10-8-11(16)14(12-9-10)6-4-7-15/h8-9,15H,3-7H2,1-2H3. The molecule has 0 amide bonds. The van der Waals surface area contributed by atoms with Crippen molar-refractivity contribution in [1.29, 1.82) is 0 Å². The first-order valence-corrected chi connectivity index (χ1v) is 5.58. The van der Waals surface area contributed by atoms with Gasteiger partial charge in [0.25, 0.3) is 5.56 Å². The largest absolute Gasteiger partial charge is 0.396 e. The summed E-state index contributed by atoms with van der Waals surface area (Å²) in [5.41, 5.74) is 0.723. The second-order valence-corrected chi connectivity index (χ2v) is 3.77. The molecule has 0 saturated heterocycles. The molecule has 16 heavy (non-hydrogen) atoms. The Labute approximate surface area is 95.3 Å². The molecule has 0 aromatic carbocycles. The summed E-state index contributed by atoms with van der Waals surface area (Å²) in [7, 11) is 1.94. The van der Waals surface area contributed by atoms with Crippen LogP contribution in [0.15, 0.2) is 17.1 Å². The molecule has 5 nitrogen and oxygen atoms in total. The zero-order valence-electron chi connectivity index (χ0n) is 9.89. The monoisotopic (exact) mass is 225 g/mol. The van der Waals surface area contributed by atoms with Crippen molar-refractivity contribution in [2.45, 2.75) is 26.3 Å². The van der Waals surface area contributed by atoms with Crippen molar-refractivity contribution >= 4 is 5.69 Å². The van der Waals surface area contributed by atoms with E-state index in [1.807, 2.05) is 11.9 Å². The molecule has 0 aliphatic heterocycles. The van der Waals surface area contributed by atoms with Crippen molar-refractivity contribution in [3.05, 3.63) is 22.6 Å². The van der Waals surface area contributed by atoms with Gasteiger partial charge in [-0.15, -0.1) is 0 Å². The lowest BCUT2D eigenvalue weighted by atomic mass is 10.3. The maximum atomic E-state index is 11.6. The van der Waals surface area contributed by atoms with Crippen LogP contribution < -0.4 is 10.5 Å². The highest BCUT2D eigenvalue weighted by Gasteiger charge is 2.03. The first kappa shape index (κ1) is 12.7. The summed E-state index contributed by atoms with van der Waals surface area (Å²) in [5.74, 6) is 0. The first-order chi connectivity index (χ1) is 7.69. The Bertz CT molecular complexity index is 376. The van der Waals surface area contributed by atoms with Gasteiger partial charge in [-0.05, 0) is 12.8 Å². The van der Waals surface area contributed by atoms with Gasteiger partial charge in [-0.3, -0.25) is 4.79 Å². The third-order valence-corrected chi connectivity index (χ3v) is 2.38. The number of aliphatic hydroxyl groups excluding tert-OH is 1. The number of nitrogens with zero attached hydrogens (tertiary/aromatic N) is 3. The van der Waals surface area contributed by atoms with Crippen LogP contribution in [0, 0.1) is 0 Å². The first-order valence-electron chi connectivity index (χ1n) is 5.58. The van der Waals surface area contributed by atoms with Gasteiger partial charge in [0.2, 0.25) is 0 Å². The third kappa shape index (κ3) is 3.34. The number of aliphatic hydroxyl groups is 1. The highest BCUT2D eigenvalue weighted by Crippen LogP contribution is 2.06. The smallest absolute Gasteiger partial charge is 0.268 e. The van der Waals surface area contributed by atoms with Crippen LogP contribution in [0.3, 0.4) is 0 Å². The molecule has 0 bridgehead atoms. The number of rotatable bonds is 6. The average molecular weight is 225 g/mol. The Morgan fingerprint density at radius 1 is 1.56 bits per heavy atom. The van der Waals surface area contributed by atoms with E-state index in [0.717, 1.165) is 18.7 Å². The van der Waals surface area contributed by atoms with Gasteiger partial charge in [0.15, 0.2) is 0 Å². The summed E-state index contributed by atoms with van der Waals surface area (Å²) in [4.78, 5) is 13.7. The molecule has 1 aromatic rings. The summed E-state index contributed by atoms with van der Waals surface area (Å²) >= 11 is 0. The summed E-state index contributed by atoms with van der Waals surface area (Å²) in [5, 5.41) is 12.8. The van der Waals surface area contributed by atoms with E-state index >= 15 is 0 Å². The number of hydrogen-bond donors (Lipinski definition) is 1. The molecule has 1 aromatic heterocycles. The summed E-state index contributed by atoms with van der Waals surface area (Å²) < 4.78 is 1.37. The van der Waals surface area contributed by atoms with Gasteiger partial charge in [0, 0.05) is 32.8 Å². The van der Waals surface area contributed by atoms with Gasteiger partial charge in [0.05, 0.1) is 11.9 Å². The van der Waals surface area contributed by atoms with E-state index in [1.165, 1.54) is 4.68 Å². The van der Waals surface area contributed by atoms with E-state index in [9.17, 15) is 4.79 Å². The van der Waals surface area contributed by atoms with Crippen LogP contribution in [0.2, 0.25) is 0 Å². The maximum Gasteiger partial charge on any atom is 0.268 e. The molecule has 0 aliphatic carbocycles. The second-order valence-electron chi connectivity index (χ2n) is 3.77. The van der Waals surface area contributed by atoms with Crippen LogP contribution in [-0.4, -0.2) is 35.1 Å². The lowest BCUT2D eigenvalue weighted by Crippen LogP contribution is -2.26. The predicted molar refractivity (Wildman–Crippen MR) is 63.8 cm³/mol. The Morgan fingerprint density at radius 2 is 2.31 bits per heavy atom. The fourth-order valence-corrected chi connectivity index (χ4v) is 1.49. The number of aryl methyl sites for hydroxylation is 1. The number of hydrogen-bond acceptors (Lipinski definition) is 4. The summed E-state index contributed by atoms with van der Waals surface area (Å²) in [6.45, 7) is 3.53. The van der Waals surface area contributed by atoms with Gasteiger partial charge in [-0.2, -0.15) is 5.10 Å². The Balaban J connectivity index is 2.78. The Kier molecular flexibility index (Phi) is 4.98. The van der Waals surface area contributed by atoms with Crippen molar-refractivity contribution in [1.82, 2.24) is 9.78 Å². The molecule has 1 N–H and O–H groups in total. The molecule has 0 unspecified atom stereocenters. The summed E-state index contributed by atoms with van der Waals surface area (Å²) in [6, 6.07) is 1.58. The molecule has 90 valence electrons. The minimum absolute atomic E-state index is 0.0750. The van der Waals surface area contributed by atoms with E-state index in [-0.39, 0.29) is 12.2 Å². The molecular weight excluding hydrogens is 206 g/mol. The minimum Gasteiger partial charge on any atom is -0.396 e. The molecule has 1 rings (SSSR count). The second kappa shape index (κ2) is 6.27. The van der Waals surface area contributed by atoms with Crippen LogP contribution in [-0.2, 0) is 6.54 Å². The molecule has 1 heterocycles. The molecule has 5 heteroatoms. The van der Waals surface area contributed by atoms with Crippen molar-refractivity contribution in [2.75, 3.05) is 25.1 Å². The minimum atomic E-state index is -0.117. The van der Waals surface area contributed by atoms with Crippen molar-refractivity contribution in [3.8, 4) is 0 Å². The summed E-state index contributed by atoms with van der Waals surface area (Å²) in [6.07, 6.45) is 3.27. The van der Waals surface area contributed by atoms with Crippen LogP contribution >= 0.6 is 0 Å². The van der Waals surface area contributed by atoms with Crippen LogP contribution in [0.1, 0.15) is 19.8 Å².